The molecule has 11 heteroatoms. The van der Waals surface area contributed by atoms with E-state index < -0.39 is 47.2 Å². The lowest BCUT2D eigenvalue weighted by molar-refractivity contribution is -0.137. The van der Waals surface area contributed by atoms with Crippen LogP contribution in [0.2, 0.25) is 5.02 Å². The summed E-state index contributed by atoms with van der Waals surface area (Å²) in [5.74, 6) is -3.20. The van der Waals surface area contributed by atoms with Gasteiger partial charge in [0, 0.05) is 22.0 Å². The lowest BCUT2D eigenvalue weighted by Crippen LogP contribution is -2.22. The number of anilines is 1. The van der Waals surface area contributed by atoms with Gasteiger partial charge >= 0.3 is 17.8 Å². The first-order valence-electron chi connectivity index (χ1n) is 11.1. The van der Waals surface area contributed by atoms with Crippen LogP contribution in [0.1, 0.15) is 22.3 Å². The van der Waals surface area contributed by atoms with E-state index in [1.54, 1.807) is 31.2 Å². The van der Waals surface area contributed by atoms with Gasteiger partial charge < -0.3 is 14.8 Å². The van der Waals surface area contributed by atoms with E-state index in [9.17, 15) is 37.1 Å². The number of aryl methyl sites for hydroxylation is 1. The number of benzene rings is 3. The van der Waals surface area contributed by atoms with Gasteiger partial charge in [0.15, 0.2) is 0 Å². The molecule has 0 saturated carbocycles. The molecule has 1 aromatic heterocycles. The fourth-order valence-electron chi connectivity index (χ4n) is 4.09. The predicted molar refractivity (Wildman–Crippen MR) is 133 cm³/mol. The maximum Gasteiger partial charge on any atom is 0.418 e. The van der Waals surface area contributed by atoms with Crippen LogP contribution < -0.4 is 10.9 Å². The van der Waals surface area contributed by atoms with Gasteiger partial charge in [-0.1, -0.05) is 35.9 Å². The van der Waals surface area contributed by atoms with Gasteiger partial charge in [-0.25, -0.2) is 9.18 Å². The van der Waals surface area contributed by atoms with Gasteiger partial charge in [-0.15, -0.1) is 0 Å². The third-order valence-electron chi connectivity index (χ3n) is 5.75. The highest BCUT2D eigenvalue weighted by atomic mass is 35.5. The van der Waals surface area contributed by atoms with Gasteiger partial charge in [-0.05, 0) is 47.9 Å². The minimum Gasteiger partial charge on any atom is -0.481 e. The molecule has 6 nitrogen and oxygen atoms in total. The fraction of sp³-hybridized carbons (Fsp3) is 0.148. The van der Waals surface area contributed by atoms with E-state index in [1.165, 1.54) is 12.1 Å². The number of rotatable bonds is 6. The lowest BCUT2D eigenvalue weighted by Gasteiger charge is -2.16. The van der Waals surface area contributed by atoms with E-state index in [-0.39, 0.29) is 29.2 Å². The van der Waals surface area contributed by atoms with E-state index in [0.29, 0.717) is 27.1 Å². The van der Waals surface area contributed by atoms with Crippen molar-refractivity contribution in [2.24, 2.45) is 0 Å². The van der Waals surface area contributed by atoms with Crippen molar-refractivity contribution in [3.8, 4) is 11.1 Å². The summed E-state index contributed by atoms with van der Waals surface area (Å²) in [5.41, 5.74) is -1.39. The van der Waals surface area contributed by atoms with Crippen LogP contribution in [0.3, 0.4) is 0 Å². The van der Waals surface area contributed by atoms with Crippen LogP contribution >= 0.6 is 11.6 Å². The molecule has 0 fully saturated rings. The van der Waals surface area contributed by atoms with E-state index >= 15 is 0 Å². The molecule has 4 aromatic rings. The molecular weight excluding hydrogens is 530 g/mol. The number of halogens is 5. The summed E-state index contributed by atoms with van der Waals surface area (Å²) in [7, 11) is 0. The number of nitrogens with one attached hydrogen (secondary N) is 1. The highest BCUT2D eigenvalue weighted by molar-refractivity contribution is 6.32. The van der Waals surface area contributed by atoms with Crippen LogP contribution in [0.4, 0.5) is 23.2 Å². The highest BCUT2D eigenvalue weighted by Crippen LogP contribution is 2.36. The molecule has 4 rings (SSSR count). The standard InChI is InChI=1S/C27H18ClF4NO5/c1-13-7-17-22(12-20(13)28)38-26(37)18(25(17)15-4-2-3-14(8-15)9-24(35)36)11-23(34)33-21-6-5-16(29)10-19(21)27(30,31)32/h2-8,10,12H,9,11H2,1H3,(H,33,34)(H,35,36). The molecule has 1 heterocycles. The zero-order valence-corrected chi connectivity index (χ0v) is 20.3. The average molecular weight is 548 g/mol. The van der Waals surface area contributed by atoms with Crippen LogP contribution in [0.15, 0.2) is 63.8 Å². The van der Waals surface area contributed by atoms with Crippen molar-refractivity contribution in [1.82, 2.24) is 0 Å². The first-order chi connectivity index (χ1) is 17.8. The number of amides is 1. The number of carbonyl (C=O) groups excluding carboxylic acids is 1. The SMILES string of the molecule is Cc1cc2c(-c3cccc(CC(=O)O)c3)c(CC(=O)Nc3ccc(F)cc3C(F)(F)F)c(=O)oc2cc1Cl. The van der Waals surface area contributed by atoms with Gasteiger partial charge in [0.1, 0.15) is 11.4 Å². The van der Waals surface area contributed by atoms with Crippen molar-refractivity contribution in [3.05, 3.63) is 98.1 Å². The number of carbonyl (C=O) groups is 2. The summed E-state index contributed by atoms with van der Waals surface area (Å²) in [6.45, 7) is 1.71. The number of hydrogen-bond acceptors (Lipinski definition) is 4. The van der Waals surface area contributed by atoms with Crippen LogP contribution in [-0.2, 0) is 28.6 Å². The van der Waals surface area contributed by atoms with Crippen LogP contribution in [0.5, 0.6) is 0 Å². The monoisotopic (exact) mass is 547 g/mol. The number of hydrogen-bond donors (Lipinski definition) is 2. The number of alkyl halides is 3. The zero-order valence-electron chi connectivity index (χ0n) is 19.6. The molecule has 0 spiro atoms. The first kappa shape index (κ1) is 26.9. The highest BCUT2D eigenvalue weighted by Gasteiger charge is 2.34. The number of aliphatic carboxylic acids is 1. The lowest BCUT2D eigenvalue weighted by atomic mass is 9.93. The summed E-state index contributed by atoms with van der Waals surface area (Å²) in [4.78, 5) is 37.2. The Labute approximate surface area is 217 Å². The number of carboxylic acid groups (broad SMARTS) is 1. The summed E-state index contributed by atoms with van der Waals surface area (Å²) >= 11 is 6.19. The summed E-state index contributed by atoms with van der Waals surface area (Å²) in [6, 6.07) is 11.1. The Kier molecular flexibility index (Phi) is 7.28. The third kappa shape index (κ3) is 5.70. The molecule has 38 heavy (non-hydrogen) atoms. The van der Waals surface area contributed by atoms with Gasteiger partial charge in [0.25, 0.3) is 0 Å². The van der Waals surface area contributed by atoms with Crippen LogP contribution in [-0.4, -0.2) is 17.0 Å². The molecular formula is C27H18ClF4NO5. The van der Waals surface area contributed by atoms with Gasteiger partial charge in [-0.2, -0.15) is 13.2 Å². The van der Waals surface area contributed by atoms with Crippen molar-refractivity contribution < 1.29 is 36.7 Å². The molecule has 0 aliphatic carbocycles. The normalized spacial score (nSPS) is 11.5. The second-order valence-electron chi connectivity index (χ2n) is 8.52. The molecule has 0 unspecified atom stereocenters. The fourth-order valence-corrected chi connectivity index (χ4v) is 4.24. The van der Waals surface area contributed by atoms with Crippen molar-refractivity contribution in [1.29, 1.82) is 0 Å². The third-order valence-corrected chi connectivity index (χ3v) is 6.16. The van der Waals surface area contributed by atoms with Gasteiger partial charge in [0.2, 0.25) is 5.91 Å². The van der Waals surface area contributed by atoms with Crippen molar-refractivity contribution >= 4 is 40.1 Å². The van der Waals surface area contributed by atoms with Crippen molar-refractivity contribution in [3.63, 3.8) is 0 Å². The second-order valence-corrected chi connectivity index (χ2v) is 8.93. The van der Waals surface area contributed by atoms with Gasteiger partial charge in [0.05, 0.1) is 29.7 Å². The minimum absolute atomic E-state index is 0.103. The maximum absolute atomic E-state index is 13.5. The first-order valence-corrected chi connectivity index (χ1v) is 11.4. The second kappa shape index (κ2) is 10.3. The van der Waals surface area contributed by atoms with E-state index in [4.69, 9.17) is 16.0 Å². The van der Waals surface area contributed by atoms with Crippen LogP contribution in [0, 0.1) is 12.7 Å². The van der Waals surface area contributed by atoms with Crippen molar-refractivity contribution in [2.45, 2.75) is 25.9 Å². The number of carboxylic acids is 1. The minimum atomic E-state index is -4.95. The molecule has 196 valence electrons. The van der Waals surface area contributed by atoms with Crippen LogP contribution in [0.25, 0.3) is 22.1 Å². The Hall–Kier alpha value is -4.18. The molecule has 0 bridgehead atoms. The summed E-state index contributed by atoms with van der Waals surface area (Å²) in [6.07, 6.45) is -5.94. The van der Waals surface area contributed by atoms with Crippen molar-refractivity contribution in [2.75, 3.05) is 5.32 Å². The molecule has 1 amide bonds. The molecule has 0 atom stereocenters. The Balaban J connectivity index is 1.85. The average Bonchev–Trinajstić information content (AvgIpc) is 2.81. The molecule has 0 radical (unpaired) electrons. The van der Waals surface area contributed by atoms with E-state index in [2.05, 4.69) is 5.32 Å². The zero-order chi connectivity index (χ0) is 27.8. The Morgan fingerprint density at radius 3 is 2.47 bits per heavy atom. The number of fused-ring (bicyclic) bond motifs is 1. The Morgan fingerprint density at radius 2 is 1.79 bits per heavy atom. The molecule has 3 aromatic carbocycles. The molecule has 2 N–H and O–H groups in total. The van der Waals surface area contributed by atoms with Gasteiger partial charge in [-0.3, -0.25) is 9.59 Å². The summed E-state index contributed by atoms with van der Waals surface area (Å²) < 4.78 is 59.0. The smallest absolute Gasteiger partial charge is 0.418 e. The molecule has 0 aliphatic rings. The molecule has 0 aliphatic heterocycles. The largest absolute Gasteiger partial charge is 0.481 e. The van der Waals surface area contributed by atoms with E-state index in [1.807, 2.05) is 0 Å². The quantitative estimate of drug-likeness (QED) is 0.215. The Morgan fingerprint density at radius 1 is 1.05 bits per heavy atom. The molecule has 0 saturated heterocycles. The topological polar surface area (TPSA) is 96.6 Å². The van der Waals surface area contributed by atoms with E-state index in [0.717, 1.165) is 12.1 Å². The maximum atomic E-state index is 13.5. The summed E-state index contributed by atoms with van der Waals surface area (Å²) in [5, 5.41) is 12.0. The Bertz CT molecular complexity index is 1650. The predicted octanol–water partition coefficient (Wildman–Crippen LogP) is 6.39.